The Morgan fingerprint density at radius 2 is 1.72 bits per heavy atom. The first-order chi connectivity index (χ1) is 8.85. The topological polar surface area (TPSA) is 29.5 Å². The van der Waals surface area contributed by atoms with Crippen LogP contribution in [0.15, 0.2) is 48.5 Å². The van der Waals surface area contributed by atoms with Crippen LogP contribution in [0.2, 0.25) is 0 Å². The average molecular weight is 242 g/mol. The molecule has 0 amide bonds. The van der Waals surface area contributed by atoms with Crippen molar-refractivity contribution in [2.75, 3.05) is 13.7 Å². The number of hydrogen-bond acceptors (Lipinski definition) is 2. The van der Waals surface area contributed by atoms with Crippen LogP contribution in [0.4, 0.5) is 0 Å². The monoisotopic (exact) mass is 242 g/mol. The fourth-order valence-electron chi connectivity index (χ4n) is 2.02. The largest absolute Gasteiger partial charge is 0.392 e. The van der Waals surface area contributed by atoms with Gasteiger partial charge in [0, 0.05) is 7.11 Å². The summed E-state index contributed by atoms with van der Waals surface area (Å²) >= 11 is 0. The lowest BCUT2D eigenvalue weighted by atomic mass is 9.97. The van der Waals surface area contributed by atoms with Gasteiger partial charge in [-0.1, -0.05) is 48.5 Å². The molecule has 0 aliphatic rings. The molecule has 18 heavy (non-hydrogen) atoms. The second-order valence-electron chi connectivity index (χ2n) is 4.25. The number of aliphatic hydroxyl groups is 1. The molecule has 2 aromatic rings. The van der Waals surface area contributed by atoms with Crippen molar-refractivity contribution in [1.29, 1.82) is 0 Å². The van der Waals surface area contributed by atoms with Gasteiger partial charge in [0.15, 0.2) is 0 Å². The first-order valence-corrected chi connectivity index (χ1v) is 6.12. The molecule has 0 unspecified atom stereocenters. The van der Waals surface area contributed by atoms with Gasteiger partial charge in [-0.15, -0.1) is 0 Å². The Morgan fingerprint density at radius 1 is 1.00 bits per heavy atom. The summed E-state index contributed by atoms with van der Waals surface area (Å²) in [5.74, 6) is 0. The van der Waals surface area contributed by atoms with Gasteiger partial charge in [-0.3, -0.25) is 0 Å². The normalized spacial score (nSPS) is 10.6. The Balaban J connectivity index is 2.30. The summed E-state index contributed by atoms with van der Waals surface area (Å²) in [5, 5.41) is 9.05. The highest BCUT2D eigenvalue weighted by Crippen LogP contribution is 2.24. The molecular weight excluding hydrogens is 224 g/mol. The number of methoxy groups -OCH3 is 1. The van der Waals surface area contributed by atoms with Crippen LogP contribution in [-0.4, -0.2) is 18.8 Å². The maximum absolute atomic E-state index is 9.05. The van der Waals surface area contributed by atoms with Crippen LogP contribution in [0, 0.1) is 0 Å². The molecule has 0 radical (unpaired) electrons. The standard InChI is InChI=1S/C16H18O2/c1-18-11-10-14-4-2-3-5-16(14)15-8-6-13(12-17)7-9-15/h2-9,17H,10-12H2,1H3. The fraction of sp³-hybridized carbons (Fsp3) is 0.250. The van der Waals surface area contributed by atoms with Crippen molar-refractivity contribution in [1.82, 2.24) is 0 Å². The molecular formula is C16H18O2. The van der Waals surface area contributed by atoms with Gasteiger partial charge < -0.3 is 9.84 Å². The lowest BCUT2D eigenvalue weighted by molar-refractivity contribution is 0.202. The SMILES string of the molecule is COCCc1ccccc1-c1ccc(CO)cc1. The van der Waals surface area contributed by atoms with E-state index in [1.165, 1.54) is 16.7 Å². The molecule has 1 N–H and O–H groups in total. The Kier molecular flexibility index (Phi) is 4.51. The molecule has 0 fully saturated rings. The third kappa shape index (κ3) is 2.97. The van der Waals surface area contributed by atoms with E-state index in [2.05, 4.69) is 30.3 Å². The van der Waals surface area contributed by atoms with Crippen LogP contribution in [0.5, 0.6) is 0 Å². The maximum Gasteiger partial charge on any atom is 0.0681 e. The zero-order valence-corrected chi connectivity index (χ0v) is 10.6. The molecule has 0 saturated carbocycles. The molecule has 0 aliphatic heterocycles. The zero-order chi connectivity index (χ0) is 12.8. The highest BCUT2D eigenvalue weighted by Gasteiger charge is 2.04. The molecule has 0 saturated heterocycles. The van der Waals surface area contributed by atoms with Gasteiger partial charge in [0.2, 0.25) is 0 Å². The molecule has 2 rings (SSSR count). The van der Waals surface area contributed by atoms with Crippen LogP contribution in [0.1, 0.15) is 11.1 Å². The number of hydrogen-bond donors (Lipinski definition) is 1. The summed E-state index contributed by atoms with van der Waals surface area (Å²) in [5.41, 5.74) is 4.64. The van der Waals surface area contributed by atoms with Crippen LogP contribution < -0.4 is 0 Å². The Labute approximate surface area is 108 Å². The van der Waals surface area contributed by atoms with Gasteiger partial charge in [0.05, 0.1) is 13.2 Å². The molecule has 94 valence electrons. The van der Waals surface area contributed by atoms with Crippen molar-refractivity contribution in [3.8, 4) is 11.1 Å². The summed E-state index contributed by atoms with van der Waals surface area (Å²) in [6.45, 7) is 0.817. The second kappa shape index (κ2) is 6.34. The minimum Gasteiger partial charge on any atom is -0.392 e. The molecule has 2 aromatic carbocycles. The quantitative estimate of drug-likeness (QED) is 0.873. The second-order valence-corrected chi connectivity index (χ2v) is 4.25. The van der Waals surface area contributed by atoms with Gasteiger partial charge >= 0.3 is 0 Å². The Bertz CT molecular complexity index is 489. The molecule has 0 bridgehead atoms. The Morgan fingerprint density at radius 3 is 2.39 bits per heavy atom. The predicted molar refractivity (Wildman–Crippen MR) is 73.4 cm³/mol. The lowest BCUT2D eigenvalue weighted by Crippen LogP contribution is -1.96. The molecule has 2 heteroatoms. The average Bonchev–Trinajstić information content (AvgIpc) is 2.45. The van der Waals surface area contributed by atoms with Gasteiger partial charge in [-0.25, -0.2) is 0 Å². The van der Waals surface area contributed by atoms with Crippen LogP contribution in [0.25, 0.3) is 11.1 Å². The Hall–Kier alpha value is -1.64. The lowest BCUT2D eigenvalue weighted by Gasteiger charge is -2.09. The third-order valence-electron chi connectivity index (χ3n) is 3.04. The molecule has 0 spiro atoms. The van der Waals surface area contributed by atoms with E-state index in [9.17, 15) is 0 Å². The van der Waals surface area contributed by atoms with Crippen molar-refractivity contribution in [3.63, 3.8) is 0 Å². The van der Waals surface area contributed by atoms with Crippen molar-refractivity contribution >= 4 is 0 Å². The van der Waals surface area contributed by atoms with Crippen molar-refractivity contribution in [3.05, 3.63) is 59.7 Å². The predicted octanol–water partition coefficient (Wildman–Crippen LogP) is 3.03. The maximum atomic E-state index is 9.05. The first kappa shape index (κ1) is 12.8. The minimum atomic E-state index is 0.0889. The first-order valence-electron chi connectivity index (χ1n) is 6.12. The molecule has 2 nitrogen and oxygen atoms in total. The number of ether oxygens (including phenoxy) is 1. The van der Waals surface area contributed by atoms with Crippen LogP contribution >= 0.6 is 0 Å². The van der Waals surface area contributed by atoms with Crippen LogP contribution in [-0.2, 0) is 17.8 Å². The van der Waals surface area contributed by atoms with Crippen molar-refractivity contribution in [2.24, 2.45) is 0 Å². The highest BCUT2D eigenvalue weighted by atomic mass is 16.5. The molecule has 0 atom stereocenters. The van der Waals surface area contributed by atoms with E-state index in [0.717, 1.165) is 18.6 Å². The van der Waals surface area contributed by atoms with Gasteiger partial charge in [-0.05, 0) is 28.7 Å². The van der Waals surface area contributed by atoms with E-state index in [-0.39, 0.29) is 6.61 Å². The van der Waals surface area contributed by atoms with E-state index in [1.807, 2.05) is 18.2 Å². The summed E-state index contributed by atoms with van der Waals surface area (Å²) in [7, 11) is 1.72. The minimum absolute atomic E-state index is 0.0889. The summed E-state index contributed by atoms with van der Waals surface area (Å²) in [6.07, 6.45) is 0.911. The summed E-state index contributed by atoms with van der Waals surface area (Å²) in [6, 6.07) is 16.4. The van der Waals surface area contributed by atoms with E-state index in [4.69, 9.17) is 9.84 Å². The fourth-order valence-corrected chi connectivity index (χ4v) is 2.02. The van der Waals surface area contributed by atoms with E-state index < -0.39 is 0 Å². The van der Waals surface area contributed by atoms with Crippen molar-refractivity contribution < 1.29 is 9.84 Å². The number of aliphatic hydroxyl groups excluding tert-OH is 1. The van der Waals surface area contributed by atoms with E-state index in [0.29, 0.717) is 0 Å². The molecule has 0 aromatic heterocycles. The van der Waals surface area contributed by atoms with Crippen LogP contribution in [0.3, 0.4) is 0 Å². The number of benzene rings is 2. The summed E-state index contributed by atoms with van der Waals surface area (Å²) in [4.78, 5) is 0. The summed E-state index contributed by atoms with van der Waals surface area (Å²) < 4.78 is 5.14. The smallest absolute Gasteiger partial charge is 0.0681 e. The number of rotatable bonds is 5. The molecule has 0 aliphatic carbocycles. The highest BCUT2D eigenvalue weighted by molar-refractivity contribution is 5.67. The van der Waals surface area contributed by atoms with Gasteiger partial charge in [0.25, 0.3) is 0 Å². The van der Waals surface area contributed by atoms with Gasteiger partial charge in [0.1, 0.15) is 0 Å². The van der Waals surface area contributed by atoms with Crippen molar-refractivity contribution in [2.45, 2.75) is 13.0 Å². The van der Waals surface area contributed by atoms with Gasteiger partial charge in [-0.2, -0.15) is 0 Å². The third-order valence-corrected chi connectivity index (χ3v) is 3.04. The van der Waals surface area contributed by atoms with E-state index in [1.54, 1.807) is 7.11 Å². The van der Waals surface area contributed by atoms with E-state index >= 15 is 0 Å². The molecule has 0 heterocycles. The zero-order valence-electron chi connectivity index (χ0n) is 10.6.